The van der Waals surface area contributed by atoms with E-state index in [4.69, 9.17) is 5.11 Å². The summed E-state index contributed by atoms with van der Waals surface area (Å²) >= 11 is 0. The number of carbonyl (C=O) groups is 1. The maximum atomic E-state index is 13.3. The first kappa shape index (κ1) is 18.5. The van der Waals surface area contributed by atoms with Crippen LogP contribution in [-0.4, -0.2) is 19.6 Å². The number of carboxylic acid groups (broad SMARTS) is 1. The summed E-state index contributed by atoms with van der Waals surface area (Å²) in [6.07, 6.45) is -1.22. The van der Waals surface area contributed by atoms with Crippen LogP contribution in [0.5, 0.6) is 0 Å². The van der Waals surface area contributed by atoms with Gasteiger partial charge in [-0.2, -0.15) is 0 Å². The third-order valence-electron chi connectivity index (χ3n) is 3.89. The van der Waals surface area contributed by atoms with Crippen molar-refractivity contribution in [1.82, 2.24) is 0 Å². The molecule has 0 aliphatic rings. The van der Waals surface area contributed by atoms with Crippen molar-refractivity contribution in [3.05, 3.63) is 90.5 Å². The minimum absolute atomic E-state index is 0.120. The number of rotatable bonds is 6. The van der Waals surface area contributed by atoms with Crippen LogP contribution < -0.4 is 9.62 Å². The molecule has 3 aromatic rings. The fourth-order valence-corrected chi connectivity index (χ4v) is 4.11. The van der Waals surface area contributed by atoms with Crippen molar-refractivity contribution in [2.24, 2.45) is 0 Å². The number of benzene rings is 3. The first-order valence-corrected chi connectivity index (χ1v) is 9.62. The lowest BCUT2D eigenvalue weighted by molar-refractivity contribution is 0.210. The van der Waals surface area contributed by atoms with Crippen molar-refractivity contribution in [1.29, 1.82) is 0 Å². The summed E-state index contributed by atoms with van der Waals surface area (Å²) in [6.45, 7) is 0.120. The second kappa shape index (κ2) is 7.92. The normalized spacial score (nSPS) is 11.0. The molecule has 2 N–H and O–H groups in total. The lowest BCUT2D eigenvalue weighted by Gasteiger charge is -2.25. The summed E-state index contributed by atoms with van der Waals surface area (Å²) in [5.74, 6) is 0. The summed E-state index contributed by atoms with van der Waals surface area (Å²) in [7, 11) is -3.84. The van der Waals surface area contributed by atoms with E-state index in [1.54, 1.807) is 36.4 Å². The molecule has 0 saturated carbocycles. The molecule has 0 spiro atoms. The molecule has 0 aliphatic carbocycles. The Morgan fingerprint density at radius 2 is 1.52 bits per heavy atom. The van der Waals surface area contributed by atoms with Gasteiger partial charge in [-0.15, -0.1) is 0 Å². The number of hydrogen-bond acceptors (Lipinski definition) is 3. The van der Waals surface area contributed by atoms with Crippen LogP contribution in [0.15, 0.2) is 89.8 Å². The van der Waals surface area contributed by atoms with Gasteiger partial charge in [0.25, 0.3) is 10.0 Å². The molecular weight excluding hydrogens is 364 g/mol. The van der Waals surface area contributed by atoms with Crippen molar-refractivity contribution in [3.8, 4) is 0 Å². The molecule has 3 aromatic carbocycles. The number of anilines is 2. The number of sulfonamides is 1. The summed E-state index contributed by atoms with van der Waals surface area (Å²) in [4.78, 5) is 11.1. The zero-order valence-corrected chi connectivity index (χ0v) is 15.1. The lowest BCUT2D eigenvalue weighted by atomic mass is 10.2. The van der Waals surface area contributed by atoms with Crippen molar-refractivity contribution in [2.75, 3.05) is 9.62 Å². The molecule has 0 aliphatic heterocycles. The highest BCUT2D eigenvalue weighted by Gasteiger charge is 2.25. The maximum Gasteiger partial charge on any atom is 0.409 e. The quantitative estimate of drug-likeness (QED) is 0.670. The Hall–Kier alpha value is -3.32. The van der Waals surface area contributed by atoms with Gasteiger partial charge in [0.05, 0.1) is 17.1 Å². The maximum absolute atomic E-state index is 13.3. The van der Waals surface area contributed by atoms with Crippen LogP contribution in [0.25, 0.3) is 0 Å². The van der Waals surface area contributed by atoms with Gasteiger partial charge in [-0.3, -0.25) is 9.62 Å². The van der Waals surface area contributed by atoms with E-state index in [1.807, 2.05) is 30.3 Å². The number of amides is 1. The Morgan fingerprint density at radius 1 is 0.889 bits per heavy atom. The second-order valence-corrected chi connectivity index (χ2v) is 7.65. The summed E-state index contributed by atoms with van der Waals surface area (Å²) in [5, 5.41) is 11.2. The Balaban J connectivity index is 2.07. The van der Waals surface area contributed by atoms with E-state index in [-0.39, 0.29) is 11.4 Å². The largest absolute Gasteiger partial charge is 0.465 e. The topological polar surface area (TPSA) is 86.7 Å². The average Bonchev–Trinajstić information content (AvgIpc) is 2.67. The van der Waals surface area contributed by atoms with Crippen LogP contribution >= 0.6 is 0 Å². The zero-order valence-electron chi connectivity index (χ0n) is 14.3. The highest BCUT2D eigenvalue weighted by Crippen LogP contribution is 2.28. The molecule has 0 fully saturated rings. The minimum Gasteiger partial charge on any atom is -0.465 e. The van der Waals surface area contributed by atoms with E-state index in [9.17, 15) is 13.2 Å². The van der Waals surface area contributed by atoms with Crippen molar-refractivity contribution >= 4 is 27.5 Å². The van der Waals surface area contributed by atoms with Crippen LogP contribution in [-0.2, 0) is 16.6 Å². The van der Waals surface area contributed by atoms with Gasteiger partial charge < -0.3 is 5.11 Å². The molecule has 6 nitrogen and oxygen atoms in total. The van der Waals surface area contributed by atoms with Gasteiger partial charge in [-0.1, -0.05) is 54.6 Å². The van der Waals surface area contributed by atoms with Gasteiger partial charge in [0.15, 0.2) is 0 Å². The van der Waals surface area contributed by atoms with Crippen LogP contribution in [0.2, 0.25) is 0 Å². The van der Waals surface area contributed by atoms with Crippen LogP contribution in [0.3, 0.4) is 0 Å². The van der Waals surface area contributed by atoms with E-state index in [2.05, 4.69) is 5.32 Å². The molecule has 0 saturated heterocycles. The Labute approximate surface area is 157 Å². The molecule has 0 unspecified atom stereocenters. The van der Waals surface area contributed by atoms with Gasteiger partial charge >= 0.3 is 6.09 Å². The Morgan fingerprint density at radius 3 is 2.15 bits per heavy atom. The van der Waals surface area contributed by atoms with Crippen LogP contribution in [0, 0.1) is 0 Å². The highest BCUT2D eigenvalue weighted by molar-refractivity contribution is 7.92. The number of nitrogens with one attached hydrogen (secondary N) is 1. The first-order valence-electron chi connectivity index (χ1n) is 8.18. The summed E-state index contributed by atoms with van der Waals surface area (Å²) in [5.41, 5.74) is 1.48. The highest BCUT2D eigenvalue weighted by atomic mass is 32.2. The van der Waals surface area contributed by atoms with E-state index in [0.717, 1.165) is 5.56 Å². The fourth-order valence-electron chi connectivity index (χ4n) is 2.65. The molecule has 0 radical (unpaired) electrons. The Bertz CT molecular complexity index is 1020. The molecule has 138 valence electrons. The van der Waals surface area contributed by atoms with Gasteiger partial charge in [0, 0.05) is 5.69 Å². The van der Waals surface area contributed by atoms with E-state index in [1.165, 1.54) is 22.5 Å². The van der Waals surface area contributed by atoms with Crippen LogP contribution in [0.4, 0.5) is 16.2 Å². The predicted octanol–water partition coefficient (Wildman–Crippen LogP) is 4.17. The standard InChI is InChI=1S/C20H18N2O4S/c23-20(24)21-17-10-7-11-18(14-17)22(15-16-8-3-1-4-9-16)27(25,26)19-12-5-2-6-13-19/h1-14,21H,15H2,(H,23,24). The second-order valence-electron chi connectivity index (χ2n) is 5.79. The predicted molar refractivity (Wildman–Crippen MR) is 104 cm³/mol. The molecule has 0 atom stereocenters. The molecule has 0 bridgehead atoms. The molecule has 27 heavy (non-hydrogen) atoms. The van der Waals surface area contributed by atoms with Crippen molar-refractivity contribution in [2.45, 2.75) is 11.4 Å². The molecular formula is C20H18N2O4S. The SMILES string of the molecule is O=C(O)Nc1cccc(N(Cc2ccccc2)S(=O)(=O)c2ccccc2)c1. The molecule has 3 rings (SSSR count). The van der Waals surface area contributed by atoms with Crippen molar-refractivity contribution < 1.29 is 18.3 Å². The summed E-state index contributed by atoms with van der Waals surface area (Å²) in [6, 6.07) is 23.7. The van der Waals surface area contributed by atoms with Gasteiger partial charge in [-0.05, 0) is 35.9 Å². The molecule has 0 heterocycles. The first-order chi connectivity index (χ1) is 13.0. The van der Waals surface area contributed by atoms with E-state index in [0.29, 0.717) is 11.4 Å². The monoisotopic (exact) mass is 382 g/mol. The third kappa shape index (κ3) is 4.45. The smallest absolute Gasteiger partial charge is 0.409 e. The molecule has 7 heteroatoms. The number of nitrogens with zero attached hydrogens (tertiary/aromatic N) is 1. The van der Waals surface area contributed by atoms with Crippen molar-refractivity contribution in [3.63, 3.8) is 0 Å². The van der Waals surface area contributed by atoms with Gasteiger partial charge in [-0.25, -0.2) is 13.2 Å². The van der Waals surface area contributed by atoms with E-state index < -0.39 is 16.1 Å². The summed E-state index contributed by atoms with van der Waals surface area (Å²) < 4.78 is 27.8. The fraction of sp³-hybridized carbons (Fsp3) is 0.0500. The molecule has 1 amide bonds. The Kier molecular flexibility index (Phi) is 5.42. The third-order valence-corrected chi connectivity index (χ3v) is 5.67. The van der Waals surface area contributed by atoms with Gasteiger partial charge in [0.2, 0.25) is 0 Å². The average molecular weight is 382 g/mol. The number of hydrogen-bond donors (Lipinski definition) is 2. The van der Waals surface area contributed by atoms with Crippen LogP contribution in [0.1, 0.15) is 5.56 Å². The van der Waals surface area contributed by atoms with Gasteiger partial charge in [0.1, 0.15) is 0 Å². The molecule has 0 aromatic heterocycles. The van der Waals surface area contributed by atoms with E-state index >= 15 is 0 Å². The lowest BCUT2D eigenvalue weighted by Crippen LogP contribution is -2.30. The minimum atomic E-state index is -3.84. The zero-order chi connectivity index (χ0) is 19.3.